The maximum Gasteiger partial charge on any atom is 0.140 e. The van der Waals surface area contributed by atoms with Gasteiger partial charge in [-0.05, 0) is 37.5 Å². The number of carbonyl (C=O) groups is 1. The zero-order valence-electron chi connectivity index (χ0n) is 8.92. The molecule has 0 atom stereocenters. The largest absolute Gasteiger partial charge is 0.299 e. The van der Waals surface area contributed by atoms with Crippen LogP contribution in [0.4, 0.5) is 0 Å². The van der Waals surface area contributed by atoms with Gasteiger partial charge in [0.1, 0.15) is 5.78 Å². The molecule has 80 valence electrons. The smallest absolute Gasteiger partial charge is 0.140 e. The zero-order valence-corrected chi connectivity index (χ0v) is 10.5. The second kappa shape index (κ2) is 4.09. The first-order valence-corrected chi connectivity index (χ1v) is 6.21. The van der Waals surface area contributed by atoms with E-state index in [0.29, 0.717) is 5.78 Å². The van der Waals surface area contributed by atoms with Gasteiger partial charge >= 0.3 is 0 Å². The summed E-state index contributed by atoms with van der Waals surface area (Å²) in [5.41, 5.74) is 0.992. The molecule has 0 unspecified atom stereocenters. The Morgan fingerprint density at radius 1 is 1.33 bits per heavy atom. The minimum absolute atomic E-state index is 0.191. The van der Waals surface area contributed by atoms with E-state index in [9.17, 15) is 4.79 Å². The summed E-state index contributed by atoms with van der Waals surface area (Å²) in [4.78, 5) is 11.9. The molecule has 1 aromatic carbocycles. The van der Waals surface area contributed by atoms with E-state index in [0.717, 1.165) is 17.3 Å². The number of hydrogen-bond acceptors (Lipinski definition) is 1. The molecule has 1 fully saturated rings. The van der Waals surface area contributed by atoms with E-state index in [2.05, 4.69) is 28.1 Å². The fourth-order valence-corrected chi connectivity index (χ4v) is 3.01. The monoisotopic (exact) mass is 266 g/mol. The van der Waals surface area contributed by atoms with Crippen molar-refractivity contribution in [2.45, 2.75) is 38.0 Å². The average molecular weight is 267 g/mol. The fourth-order valence-electron chi connectivity index (χ4n) is 2.61. The lowest BCUT2D eigenvalue weighted by molar-refractivity contribution is -0.122. The molecular formula is C13H15BrO. The molecule has 0 N–H and O–H groups in total. The van der Waals surface area contributed by atoms with Gasteiger partial charge in [0.15, 0.2) is 0 Å². The van der Waals surface area contributed by atoms with Crippen LogP contribution in [0.5, 0.6) is 0 Å². The first-order chi connectivity index (χ1) is 7.15. The molecule has 0 bridgehead atoms. The number of Topliss-reactive ketones (excluding diaryl/α,β-unsaturated/α-hetero) is 1. The van der Waals surface area contributed by atoms with Crippen molar-refractivity contribution >= 4 is 21.7 Å². The molecule has 0 amide bonds. The van der Waals surface area contributed by atoms with E-state index in [1.54, 1.807) is 6.92 Å². The molecule has 2 heteroatoms. The molecule has 0 spiro atoms. The van der Waals surface area contributed by atoms with Crippen molar-refractivity contribution in [3.63, 3.8) is 0 Å². The highest BCUT2D eigenvalue weighted by Gasteiger charge is 2.39. The van der Waals surface area contributed by atoms with Crippen LogP contribution >= 0.6 is 15.9 Å². The Kier molecular flexibility index (Phi) is 2.96. The minimum atomic E-state index is -0.191. The third-order valence-corrected chi connectivity index (χ3v) is 4.00. The van der Waals surface area contributed by atoms with Crippen molar-refractivity contribution in [2.75, 3.05) is 0 Å². The topological polar surface area (TPSA) is 17.1 Å². The van der Waals surface area contributed by atoms with Gasteiger partial charge in [-0.25, -0.2) is 0 Å². The summed E-state index contributed by atoms with van der Waals surface area (Å²) >= 11 is 3.47. The Bertz CT molecular complexity index is 378. The van der Waals surface area contributed by atoms with Crippen LogP contribution in [0.2, 0.25) is 0 Å². The van der Waals surface area contributed by atoms with Crippen molar-refractivity contribution in [2.24, 2.45) is 0 Å². The molecule has 0 aliphatic heterocycles. The van der Waals surface area contributed by atoms with Gasteiger partial charge in [0.05, 0.1) is 5.41 Å². The molecule has 1 aliphatic rings. The van der Waals surface area contributed by atoms with E-state index in [1.165, 1.54) is 18.4 Å². The van der Waals surface area contributed by atoms with Crippen molar-refractivity contribution in [3.05, 3.63) is 34.3 Å². The summed E-state index contributed by atoms with van der Waals surface area (Å²) in [5, 5.41) is 0. The van der Waals surface area contributed by atoms with Crippen LogP contribution in [0.25, 0.3) is 0 Å². The first kappa shape index (κ1) is 10.9. The molecule has 1 saturated carbocycles. The van der Waals surface area contributed by atoms with Crippen LogP contribution in [0.15, 0.2) is 28.7 Å². The van der Waals surface area contributed by atoms with Gasteiger partial charge in [0.2, 0.25) is 0 Å². The average Bonchev–Trinajstić information content (AvgIpc) is 2.67. The molecule has 1 aliphatic carbocycles. The third kappa shape index (κ3) is 1.87. The van der Waals surface area contributed by atoms with E-state index >= 15 is 0 Å². The SMILES string of the molecule is CC(=O)C1(c2cccc(Br)c2)CCCC1. The van der Waals surface area contributed by atoms with Crippen LogP contribution in [-0.2, 0) is 10.2 Å². The van der Waals surface area contributed by atoms with E-state index in [4.69, 9.17) is 0 Å². The van der Waals surface area contributed by atoms with Crippen molar-refractivity contribution in [1.29, 1.82) is 0 Å². The summed E-state index contributed by atoms with van der Waals surface area (Å²) < 4.78 is 1.06. The van der Waals surface area contributed by atoms with Crippen molar-refractivity contribution in [3.8, 4) is 0 Å². The third-order valence-electron chi connectivity index (χ3n) is 3.51. The highest BCUT2D eigenvalue weighted by atomic mass is 79.9. The van der Waals surface area contributed by atoms with Crippen LogP contribution in [0, 0.1) is 0 Å². The Balaban J connectivity index is 2.45. The molecule has 0 heterocycles. The molecule has 1 nitrogen and oxygen atoms in total. The van der Waals surface area contributed by atoms with E-state index in [-0.39, 0.29) is 5.41 Å². The molecular weight excluding hydrogens is 252 g/mol. The lowest BCUT2D eigenvalue weighted by Crippen LogP contribution is -2.30. The Morgan fingerprint density at radius 3 is 2.53 bits per heavy atom. The van der Waals surface area contributed by atoms with E-state index < -0.39 is 0 Å². The predicted octanol–water partition coefficient (Wildman–Crippen LogP) is 3.85. The number of rotatable bonds is 2. The highest BCUT2D eigenvalue weighted by molar-refractivity contribution is 9.10. The number of hydrogen-bond donors (Lipinski definition) is 0. The van der Waals surface area contributed by atoms with Gasteiger partial charge in [0, 0.05) is 4.47 Å². The summed E-state index contributed by atoms with van der Waals surface area (Å²) in [7, 11) is 0. The van der Waals surface area contributed by atoms with Gasteiger partial charge < -0.3 is 0 Å². The summed E-state index contributed by atoms with van der Waals surface area (Å²) in [6.45, 7) is 1.73. The molecule has 2 rings (SSSR count). The van der Waals surface area contributed by atoms with Crippen LogP contribution < -0.4 is 0 Å². The number of ketones is 1. The van der Waals surface area contributed by atoms with Gasteiger partial charge in [-0.2, -0.15) is 0 Å². The fraction of sp³-hybridized carbons (Fsp3) is 0.462. The normalized spacial score (nSPS) is 19.1. The second-order valence-electron chi connectivity index (χ2n) is 4.36. The molecule has 0 aromatic heterocycles. The molecule has 1 aromatic rings. The minimum Gasteiger partial charge on any atom is -0.299 e. The van der Waals surface area contributed by atoms with Gasteiger partial charge in [-0.1, -0.05) is 40.9 Å². The Hall–Kier alpha value is -0.630. The lowest BCUT2D eigenvalue weighted by Gasteiger charge is -2.26. The van der Waals surface area contributed by atoms with Crippen molar-refractivity contribution < 1.29 is 4.79 Å². The van der Waals surface area contributed by atoms with Crippen LogP contribution in [-0.4, -0.2) is 5.78 Å². The van der Waals surface area contributed by atoms with Gasteiger partial charge in [0.25, 0.3) is 0 Å². The van der Waals surface area contributed by atoms with E-state index in [1.807, 2.05) is 12.1 Å². The van der Waals surface area contributed by atoms with Gasteiger partial charge in [-0.15, -0.1) is 0 Å². The maximum atomic E-state index is 11.9. The predicted molar refractivity (Wildman–Crippen MR) is 65.0 cm³/mol. The first-order valence-electron chi connectivity index (χ1n) is 5.42. The Morgan fingerprint density at radius 2 is 2.00 bits per heavy atom. The standard InChI is InChI=1S/C13H15BrO/c1-10(15)13(7-2-3-8-13)11-5-4-6-12(14)9-11/h4-6,9H,2-3,7-8H2,1H3. The maximum absolute atomic E-state index is 11.9. The Labute approximate surface area is 99.0 Å². The quantitative estimate of drug-likeness (QED) is 0.795. The summed E-state index contributed by atoms with van der Waals surface area (Å²) in [5.74, 6) is 0.318. The number of benzene rings is 1. The second-order valence-corrected chi connectivity index (χ2v) is 5.27. The van der Waals surface area contributed by atoms with Crippen LogP contribution in [0.3, 0.4) is 0 Å². The zero-order chi connectivity index (χ0) is 10.9. The molecule has 0 radical (unpaired) electrons. The van der Waals surface area contributed by atoms with Crippen molar-refractivity contribution in [1.82, 2.24) is 0 Å². The summed E-state index contributed by atoms with van der Waals surface area (Å²) in [6.07, 6.45) is 4.37. The van der Waals surface area contributed by atoms with Gasteiger partial charge in [-0.3, -0.25) is 4.79 Å². The number of halogens is 1. The molecule has 0 saturated heterocycles. The highest BCUT2D eigenvalue weighted by Crippen LogP contribution is 2.42. The number of carbonyl (C=O) groups excluding carboxylic acids is 1. The lowest BCUT2D eigenvalue weighted by atomic mass is 9.76. The summed E-state index contributed by atoms with van der Waals surface area (Å²) in [6, 6.07) is 8.19. The molecule has 15 heavy (non-hydrogen) atoms. The van der Waals surface area contributed by atoms with Crippen LogP contribution in [0.1, 0.15) is 38.2 Å².